The molecule has 0 aliphatic heterocycles. The maximum Gasteiger partial charge on any atom is 0.272 e. The van der Waals surface area contributed by atoms with E-state index in [0.29, 0.717) is 24.6 Å². The van der Waals surface area contributed by atoms with Crippen LogP contribution >= 0.6 is 0 Å². The van der Waals surface area contributed by atoms with Crippen molar-refractivity contribution in [1.82, 2.24) is 34.3 Å². The van der Waals surface area contributed by atoms with E-state index in [9.17, 15) is 4.79 Å². The van der Waals surface area contributed by atoms with Gasteiger partial charge >= 0.3 is 0 Å². The van der Waals surface area contributed by atoms with E-state index >= 15 is 0 Å². The molecule has 0 saturated heterocycles. The minimum atomic E-state index is -0.183. The van der Waals surface area contributed by atoms with Crippen LogP contribution in [0.25, 0.3) is 5.78 Å². The number of hydrogen-bond acceptors (Lipinski definition) is 5. The molecule has 0 unspecified atom stereocenters. The van der Waals surface area contributed by atoms with E-state index in [1.54, 1.807) is 33.4 Å². The van der Waals surface area contributed by atoms with Gasteiger partial charge in [-0.25, -0.2) is 9.50 Å². The number of rotatable bonds is 4. The molecule has 0 N–H and O–H groups in total. The number of hydrogen-bond donors (Lipinski definition) is 0. The molecule has 3 heterocycles. The van der Waals surface area contributed by atoms with Gasteiger partial charge in [0.15, 0.2) is 0 Å². The van der Waals surface area contributed by atoms with Crippen LogP contribution in [0.1, 0.15) is 37.0 Å². The minimum absolute atomic E-state index is 0.141. The Balaban J connectivity index is 1.86. The van der Waals surface area contributed by atoms with Crippen molar-refractivity contribution < 1.29 is 4.79 Å². The van der Waals surface area contributed by atoms with Crippen LogP contribution in [0.5, 0.6) is 0 Å². The molecule has 8 heteroatoms. The smallest absolute Gasteiger partial charge is 0.272 e. The van der Waals surface area contributed by atoms with Gasteiger partial charge in [-0.1, -0.05) is 20.8 Å². The monoisotopic (exact) mass is 327 g/mol. The molecule has 0 saturated carbocycles. The Morgan fingerprint density at radius 3 is 2.75 bits per heavy atom. The highest BCUT2D eigenvalue weighted by atomic mass is 16.2. The number of carbonyl (C=O) groups excluding carboxylic acids is 1. The summed E-state index contributed by atoms with van der Waals surface area (Å²) in [4.78, 5) is 22.9. The molecule has 0 fully saturated rings. The zero-order chi connectivity index (χ0) is 17.3. The van der Waals surface area contributed by atoms with Crippen molar-refractivity contribution >= 4 is 11.7 Å². The van der Waals surface area contributed by atoms with Crippen LogP contribution in [-0.2, 0) is 12.0 Å². The fourth-order valence-corrected chi connectivity index (χ4v) is 2.44. The molecule has 1 amide bonds. The third-order valence-corrected chi connectivity index (χ3v) is 3.81. The Kier molecular flexibility index (Phi) is 4.04. The highest BCUT2D eigenvalue weighted by Gasteiger charge is 2.23. The molecule has 0 aliphatic rings. The summed E-state index contributed by atoms with van der Waals surface area (Å²) in [5, 5.41) is 8.35. The first-order valence-corrected chi connectivity index (χ1v) is 7.80. The second-order valence-electron chi connectivity index (χ2n) is 6.74. The van der Waals surface area contributed by atoms with Gasteiger partial charge in [0.1, 0.15) is 12.0 Å². The van der Waals surface area contributed by atoms with Crippen molar-refractivity contribution in [3.8, 4) is 0 Å². The van der Waals surface area contributed by atoms with E-state index in [4.69, 9.17) is 0 Å². The van der Waals surface area contributed by atoms with Crippen molar-refractivity contribution in [1.29, 1.82) is 0 Å². The van der Waals surface area contributed by atoms with Crippen LogP contribution in [-0.4, -0.2) is 53.8 Å². The van der Waals surface area contributed by atoms with Crippen molar-refractivity contribution in [3.63, 3.8) is 0 Å². The molecule has 0 bridgehead atoms. The van der Waals surface area contributed by atoms with E-state index in [1.807, 2.05) is 12.3 Å². The number of nitrogens with zero attached hydrogens (tertiary/aromatic N) is 7. The predicted molar refractivity (Wildman–Crippen MR) is 88.7 cm³/mol. The normalized spacial score (nSPS) is 11.8. The van der Waals surface area contributed by atoms with Gasteiger partial charge in [0.2, 0.25) is 0 Å². The standard InChI is InChI=1S/C16H21N7O/c1-16(2,3)13-10-12(20-15-17-11-19-23(13)15)14(24)21(4)8-9-22-7-5-6-18-22/h5-7,10-11H,8-9H2,1-4H3. The largest absolute Gasteiger partial charge is 0.339 e. The van der Waals surface area contributed by atoms with E-state index in [-0.39, 0.29) is 11.3 Å². The SMILES string of the molecule is CN(CCn1cccn1)C(=O)c1cc(C(C)(C)C)n2ncnc2n1. The molecule has 0 aliphatic carbocycles. The third kappa shape index (κ3) is 3.12. The number of amides is 1. The van der Waals surface area contributed by atoms with Crippen LogP contribution in [0.3, 0.4) is 0 Å². The summed E-state index contributed by atoms with van der Waals surface area (Å²) in [5.41, 5.74) is 1.09. The second kappa shape index (κ2) is 6.03. The van der Waals surface area contributed by atoms with E-state index < -0.39 is 0 Å². The van der Waals surface area contributed by atoms with Crippen LogP contribution < -0.4 is 0 Å². The van der Waals surface area contributed by atoms with Crippen molar-refractivity contribution in [2.24, 2.45) is 0 Å². The fraction of sp³-hybridized carbons (Fsp3) is 0.438. The Morgan fingerprint density at radius 1 is 1.29 bits per heavy atom. The Bertz CT molecular complexity index is 845. The zero-order valence-electron chi connectivity index (χ0n) is 14.3. The molecule has 126 valence electrons. The van der Waals surface area contributed by atoms with Crippen LogP contribution in [0.4, 0.5) is 0 Å². The van der Waals surface area contributed by atoms with Crippen LogP contribution in [0.2, 0.25) is 0 Å². The average Bonchev–Trinajstić information content (AvgIpc) is 3.20. The third-order valence-electron chi connectivity index (χ3n) is 3.81. The lowest BCUT2D eigenvalue weighted by atomic mass is 9.91. The summed E-state index contributed by atoms with van der Waals surface area (Å²) in [7, 11) is 1.76. The van der Waals surface area contributed by atoms with Crippen LogP contribution in [0.15, 0.2) is 30.9 Å². The first kappa shape index (κ1) is 16.1. The summed E-state index contributed by atoms with van der Waals surface area (Å²) in [6.45, 7) is 7.39. The maximum atomic E-state index is 12.7. The molecule has 0 radical (unpaired) electrons. The lowest BCUT2D eigenvalue weighted by Gasteiger charge is -2.21. The van der Waals surface area contributed by atoms with Gasteiger partial charge in [-0.15, -0.1) is 0 Å². The molecule has 3 aromatic rings. The molecule has 3 rings (SSSR count). The number of aromatic nitrogens is 6. The Labute approximate surface area is 140 Å². The second-order valence-corrected chi connectivity index (χ2v) is 6.74. The molecule has 3 aromatic heterocycles. The lowest BCUT2D eigenvalue weighted by molar-refractivity contribution is 0.0783. The highest BCUT2D eigenvalue weighted by Crippen LogP contribution is 2.23. The van der Waals surface area contributed by atoms with Gasteiger partial charge < -0.3 is 4.90 Å². The van der Waals surface area contributed by atoms with Gasteiger partial charge in [0.25, 0.3) is 11.7 Å². The summed E-state index contributed by atoms with van der Waals surface area (Å²) in [5.74, 6) is 0.296. The molecular weight excluding hydrogens is 306 g/mol. The van der Waals surface area contributed by atoms with Gasteiger partial charge in [0.05, 0.1) is 12.2 Å². The van der Waals surface area contributed by atoms with Gasteiger partial charge in [-0.05, 0) is 12.1 Å². The van der Waals surface area contributed by atoms with Gasteiger partial charge in [0, 0.05) is 31.4 Å². The lowest BCUT2D eigenvalue weighted by Crippen LogP contribution is -2.31. The molecule has 24 heavy (non-hydrogen) atoms. The fourth-order valence-electron chi connectivity index (χ4n) is 2.44. The minimum Gasteiger partial charge on any atom is -0.339 e. The summed E-state index contributed by atoms with van der Waals surface area (Å²) in [6, 6.07) is 3.66. The van der Waals surface area contributed by atoms with E-state index in [2.05, 4.69) is 40.9 Å². The van der Waals surface area contributed by atoms with Crippen molar-refractivity contribution in [2.75, 3.05) is 13.6 Å². The molecule has 0 aromatic carbocycles. The first-order valence-electron chi connectivity index (χ1n) is 7.80. The molecule has 8 nitrogen and oxygen atoms in total. The van der Waals surface area contributed by atoms with Crippen molar-refractivity contribution in [3.05, 3.63) is 42.2 Å². The first-order chi connectivity index (χ1) is 11.4. The van der Waals surface area contributed by atoms with Gasteiger partial charge in [-0.2, -0.15) is 15.2 Å². The summed E-state index contributed by atoms with van der Waals surface area (Å²) in [6.07, 6.45) is 5.04. The summed E-state index contributed by atoms with van der Waals surface area (Å²) >= 11 is 0. The number of fused-ring (bicyclic) bond motifs is 1. The maximum absolute atomic E-state index is 12.7. The van der Waals surface area contributed by atoms with Crippen LogP contribution in [0, 0.1) is 0 Å². The van der Waals surface area contributed by atoms with E-state index in [0.717, 1.165) is 5.69 Å². The van der Waals surface area contributed by atoms with Crippen molar-refractivity contribution in [2.45, 2.75) is 32.7 Å². The number of carbonyl (C=O) groups is 1. The Hall–Kier alpha value is -2.77. The zero-order valence-corrected chi connectivity index (χ0v) is 14.3. The molecular formula is C16H21N7O. The van der Waals surface area contributed by atoms with Gasteiger partial charge in [-0.3, -0.25) is 9.48 Å². The average molecular weight is 327 g/mol. The number of likely N-dealkylation sites (N-methyl/N-ethyl adjacent to an activating group) is 1. The van der Waals surface area contributed by atoms with E-state index in [1.165, 1.54) is 6.33 Å². The topological polar surface area (TPSA) is 81.2 Å². The predicted octanol–water partition coefficient (Wildman–Crippen LogP) is 1.39. The quantitative estimate of drug-likeness (QED) is 0.723. The summed E-state index contributed by atoms with van der Waals surface area (Å²) < 4.78 is 3.47. The molecule has 0 atom stereocenters. The molecule has 0 spiro atoms. The Morgan fingerprint density at radius 2 is 2.08 bits per heavy atom. The highest BCUT2D eigenvalue weighted by molar-refractivity contribution is 5.92.